The van der Waals surface area contributed by atoms with Gasteiger partial charge in [-0.25, -0.2) is 0 Å². The molecule has 2 aromatic rings. The number of aromatic hydroxyl groups is 1. The van der Waals surface area contributed by atoms with Crippen LogP contribution in [0.4, 0.5) is 0 Å². The molecule has 0 aliphatic rings. The molecule has 0 saturated carbocycles. The van der Waals surface area contributed by atoms with Crippen molar-refractivity contribution in [1.82, 2.24) is 9.88 Å². The number of aromatic nitrogens is 1. The fourth-order valence-corrected chi connectivity index (χ4v) is 1.96. The first-order valence-corrected chi connectivity index (χ1v) is 6.46. The average molecular weight is 273 g/mol. The van der Waals surface area contributed by atoms with E-state index >= 15 is 0 Å². The summed E-state index contributed by atoms with van der Waals surface area (Å²) < 4.78 is 1.93. The number of rotatable bonds is 5. The van der Waals surface area contributed by atoms with Gasteiger partial charge >= 0.3 is 0 Å². The summed E-state index contributed by atoms with van der Waals surface area (Å²) in [6.07, 6.45) is 4.32. The van der Waals surface area contributed by atoms with E-state index in [9.17, 15) is 9.90 Å². The molecular weight excluding hydrogens is 254 g/mol. The third kappa shape index (κ3) is 3.86. The molecule has 0 unspecified atom stereocenters. The predicted molar refractivity (Wildman–Crippen MR) is 77.0 cm³/mol. The van der Waals surface area contributed by atoms with Crippen LogP contribution in [0.5, 0.6) is 5.75 Å². The highest BCUT2D eigenvalue weighted by Gasteiger charge is 2.13. The number of carbonyl (C=O) groups excluding carboxylic acids is 1. The number of hydrogen-bond donors (Lipinski definition) is 3. The third-order valence-corrected chi connectivity index (χ3v) is 3.09. The molecule has 1 heterocycles. The van der Waals surface area contributed by atoms with Crippen LogP contribution in [0.2, 0.25) is 0 Å². The van der Waals surface area contributed by atoms with Gasteiger partial charge < -0.3 is 20.7 Å². The van der Waals surface area contributed by atoms with Gasteiger partial charge in [0.2, 0.25) is 5.91 Å². The lowest BCUT2D eigenvalue weighted by molar-refractivity contribution is -0.122. The van der Waals surface area contributed by atoms with E-state index < -0.39 is 6.04 Å². The number of hydrogen-bond acceptors (Lipinski definition) is 3. The lowest BCUT2D eigenvalue weighted by atomic mass is 10.1. The molecule has 0 spiro atoms. The molecule has 0 aliphatic carbocycles. The van der Waals surface area contributed by atoms with Crippen molar-refractivity contribution < 1.29 is 9.90 Å². The molecular formula is C15H19N3O2. The topological polar surface area (TPSA) is 80.3 Å². The summed E-state index contributed by atoms with van der Waals surface area (Å²) in [5.74, 6) is 0.0257. The van der Waals surface area contributed by atoms with Crippen molar-refractivity contribution in [3.8, 4) is 5.75 Å². The van der Waals surface area contributed by atoms with Crippen LogP contribution in [0.3, 0.4) is 0 Å². The first-order chi connectivity index (χ1) is 9.54. The Balaban J connectivity index is 1.84. The Bertz CT molecular complexity index is 575. The summed E-state index contributed by atoms with van der Waals surface area (Å²) >= 11 is 0. The molecule has 1 amide bonds. The summed E-state index contributed by atoms with van der Waals surface area (Å²) in [4.78, 5) is 11.9. The number of nitrogens with two attached hydrogens (primary N) is 1. The van der Waals surface area contributed by atoms with Gasteiger partial charge in [0, 0.05) is 26.0 Å². The van der Waals surface area contributed by atoms with Gasteiger partial charge in [-0.05, 0) is 35.7 Å². The number of nitrogens with zero attached hydrogens (tertiary/aromatic N) is 1. The zero-order valence-corrected chi connectivity index (χ0v) is 11.4. The highest BCUT2D eigenvalue weighted by atomic mass is 16.3. The molecule has 2 rings (SSSR count). The van der Waals surface area contributed by atoms with Gasteiger partial charge in [-0.2, -0.15) is 0 Å². The van der Waals surface area contributed by atoms with Gasteiger partial charge in [-0.15, -0.1) is 0 Å². The summed E-state index contributed by atoms with van der Waals surface area (Å²) in [5.41, 5.74) is 7.84. The van der Waals surface area contributed by atoms with E-state index in [1.54, 1.807) is 24.3 Å². The second-order valence-electron chi connectivity index (χ2n) is 4.88. The number of phenols is 1. The standard InChI is InChI=1S/C15H19N3O2/c1-18-7-6-12(10-18)9-17-15(20)14(16)8-11-2-4-13(19)5-3-11/h2-7,10,14,19H,8-9,16H2,1H3,(H,17,20)/t14-/m0/s1. The minimum Gasteiger partial charge on any atom is -0.508 e. The Hall–Kier alpha value is -2.27. The Labute approximate surface area is 118 Å². The van der Waals surface area contributed by atoms with E-state index in [2.05, 4.69) is 5.32 Å². The highest BCUT2D eigenvalue weighted by molar-refractivity contribution is 5.81. The predicted octanol–water partition coefficient (Wildman–Crippen LogP) is 0.917. The monoisotopic (exact) mass is 273 g/mol. The van der Waals surface area contributed by atoms with Crippen LogP contribution in [-0.2, 0) is 24.8 Å². The molecule has 5 heteroatoms. The second kappa shape index (κ2) is 6.25. The van der Waals surface area contributed by atoms with E-state index in [1.165, 1.54) is 0 Å². The largest absolute Gasteiger partial charge is 0.508 e. The molecule has 1 aromatic carbocycles. The van der Waals surface area contributed by atoms with E-state index in [1.807, 2.05) is 30.1 Å². The van der Waals surface area contributed by atoms with Crippen molar-refractivity contribution >= 4 is 5.91 Å². The zero-order valence-electron chi connectivity index (χ0n) is 11.4. The van der Waals surface area contributed by atoms with E-state index in [-0.39, 0.29) is 11.7 Å². The lowest BCUT2D eigenvalue weighted by Gasteiger charge is -2.12. The molecule has 4 N–H and O–H groups in total. The number of aryl methyl sites for hydroxylation is 1. The summed E-state index contributed by atoms with van der Waals surface area (Å²) in [6.45, 7) is 0.475. The number of carbonyl (C=O) groups is 1. The van der Waals surface area contributed by atoms with E-state index in [0.29, 0.717) is 13.0 Å². The van der Waals surface area contributed by atoms with Gasteiger partial charge in [-0.1, -0.05) is 12.1 Å². The summed E-state index contributed by atoms with van der Waals surface area (Å²) in [6, 6.07) is 8.06. The SMILES string of the molecule is Cn1ccc(CNC(=O)[C@@H](N)Cc2ccc(O)cc2)c1. The van der Waals surface area contributed by atoms with Crippen LogP contribution in [0.1, 0.15) is 11.1 Å². The number of phenolic OH excluding ortho intramolecular Hbond substituents is 1. The van der Waals surface area contributed by atoms with Gasteiger partial charge in [0.05, 0.1) is 6.04 Å². The van der Waals surface area contributed by atoms with Gasteiger partial charge in [0.15, 0.2) is 0 Å². The minimum atomic E-state index is -0.594. The Morgan fingerprint density at radius 1 is 1.30 bits per heavy atom. The Morgan fingerprint density at radius 2 is 2.00 bits per heavy atom. The molecule has 1 atom stereocenters. The zero-order chi connectivity index (χ0) is 14.5. The van der Waals surface area contributed by atoms with Gasteiger partial charge in [0.25, 0.3) is 0 Å². The molecule has 0 aliphatic heterocycles. The van der Waals surface area contributed by atoms with Crippen LogP contribution < -0.4 is 11.1 Å². The quantitative estimate of drug-likeness (QED) is 0.757. The molecule has 5 nitrogen and oxygen atoms in total. The van der Waals surface area contributed by atoms with Crippen LogP contribution in [0.25, 0.3) is 0 Å². The van der Waals surface area contributed by atoms with Crippen LogP contribution >= 0.6 is 0 Å². The molecule has 20 heavy (non-hydrogen) atoms. The number of amides is 1. The maximum atomic E-state index is 11.9. The van der Waals surface area contributed by atoms with E-state index in [0.717, 1.165) is 11.1 Å². The summed E-state index contributed by atoms with van der Waals surface area (Å²) in [7, 11) is 1.93. The maximum Gasteiger partial charge on any atom is 0.237 e. The molecule has 0 bridgehead atoms. The van der Waals surface area contributed by atoms with E-state index in [4.69, 9.17) is 5.73 Å². The highest BCUT2D eigenvalue weighted by Crippen LogP contribution is 2.11. The normalized spacial score (nSPS) is 12.1. The minimum absolute atomic E-state index is 0.179. The summed E-state index contributed by atoms with van der Waals surface area (Å²) in [5, 5.41) is 12.0. The van der Waals surface area contributed by atoms with Crippen LogP contribution in [-0.4, -0.2) is 21.6 Å². The van der Waals surface area contributed by atoms with Crippen molar-refractivity contribution in [3.05, 3.63) is 53.9 Å². The lowest BCUT2D eigenvalue weighted by Crippen LogP contribution is -2.41. The number of benzene rings is 1. The fourth-order valence-electron chi connectivity index (χ4n) is 1.96. The average Bonchev–Trinajstić information content (AvgIpc) is 2.84. The van der Waals surface area contributed by atoms with Crippen molar-refractivity contribution in [2.75, 3.05) is 0 Å². The molecule has 1 aromatic heterocycles. The van der Waals surface area contributed by atoms with Gasteiger partial charge in [-0.3, -0.25) is 4.79 Å². The molecule has 0 saturated heterocycles. The van der Waals surface area contributed by atoms with Crippen molar-refractivity contribution in [3.63, 3.8) is 0 Å². The first-order valence-electron chi connectivity index (χ1n) is 6.46. The maximum absolute atomic E-state index is 11.9. The Morgan fingerprint density at radius 3 is 2.60 bits per heavy atom. The van der Waals surface area contributed by atoms with Gasteiger partial charge in [0.1, 0.15) is 5.75 Å². The van der Waals surface area contributed by atoms with Crippen LogP contribution in [0.15, 0.2) is 42.7 Å². The van der Waals surface area contributed by atoms with Crippen molar-refractivity contribution in [1.29, 1.82) is 0 Å². The first kappa shape index (κ1) is 14.1. The molecule has 0 radical (unpaired) electrons. The van der Waals surface area contributed by atoms with Crippen molar-refractivity contribution in [2.45, 2.75) is 19.0 Å². The fraction of sp³-hybridized carbons (Fsp3) is 0.267. The smallest absolute Gasteiger partial charge is 0.237 e. The number of nitrogens with one attached hydrogen (secondary N) is 1. The second-order valence-corrected chi connectivity index (χ2v) is 4.88. The van der Waals surface area contributed by atoms with Crippen LogP contribution in [0, 0.1) is 0 Å². The third-order valence-electron chi connectivity index (χ3n) is 3.09. The molecule has 106 valence electrons. The Kier molecular flexibility index (Phi) is 4.42. The van der Waals surface area contributed by atoms with Crippen molar-refractivity contribution in [2.24, 2.45) is 12.8 Å². The molecule has 0 fully saturated rings.